The maximum atomic E-state index is 12.6. The number of rotatable bonds is 3. The molecule has 0 saturated heterocycles. The number of carbonyl (C=O) groups is 2. The monoisotopic (exact) mass is 336 g/mol. The molecular formula is C19H20N4O2. The van der Waals surface area contributed by atoms with Crippen molar-refractivity contribution in [2.75, 3.05) is 0 Å². The predicted octanol–water partition coefficient (Wildman–Crippen LogP) is 2.66. The summed E-state index contributed by atoms with van der Waals surface area (Å²) in [4.78, 5) is 32.4. The van der Waals surface area contributed by atoms with Gasteiger partial charge in [0.2, 0.25) is 0 Å². The predicted molar refractivity (Wildman–Crippen MR) is 94.7 cm³/mol. The van der Waals surface area contributed by atoms with Gasteiger partial charge in [-0.2, -0.15) is 0 Å². The maximum Gasteiger partial charge on any atom is 0.268 e. The molecule has 0 saturated carbocycles. The molecule has 0 radical (unpaired) electrons. The molecule has 3 aromatic rings. The summed E-state index contributed by atoms with van der Waals surface area (Å²) in [6.45, 7) is 2.17. The first-order valence-electron chi connectivity index (χ1n) is 8.49. The lowest BCUT2D eigenvalue weighted by Gasteiger charge is -2.09. The summed E-state index contributed by atoms with van der Waals surface area (Å²) >= 11 is 0. The molecule has 1 aliphatic rings. The van der Waals surface area contributed by atoms with Gasteiger partial charge in [0.05, 0.1) is 17.6 Å². The second kappa shape index (κ2) is 5.88. The van der Waals surface area contributed by atoms with Gasteiger partial charge >= 0.3 is 0 Å². The molecule has 6 heteroatoms. The van der Waals surface area contributed by atoms with Gasteiger partial charge < -0.3 is 14.9 Å². The van der Waals surface area contributed by atoms with E-state index in [4.69, 9.17) is 0 Å². The Morgan fingerprint density at radius 3 is 2.88 bits per heavy atom. The number of aromatic amines is 1. The smallest absolute Gasteiger partial charge is 0.268 e. The summed E-state index contributed by atoms with van der Waals surface area (Å²) < 4.78 is 1.98. The highest BCUT2D eigenvalue weighted by Crippen LogP contribution is 2.26. The van der Waals surface area contributed by atoms with Crippen LogP contribution in [0.25, 0.3) is 11.0 Å². The third-order valence-corrected chi connectivity index (χ3v) is 4.95. The Hall–Kier alpha value is -2.89. The minimum absolute atomic E-state index is 0.129. The number of amides is 1. The third-order valence-electron chi connectivity index (χ3n) is 4.95. The van der Waals surface area contributed by atoms with Gasteiger partial charge in [-0.15, -0.1) is 0 Å². The molecule has 2 aromatic heterocycles. The maximum absolute atomic E-state index is 12.6. The number of benzene rings is 1. The van der Waals surface area contributed by atoms with E-state index in [2.05, 4.69) is 15.3 Å². The highest BCUT2D eigenvalue weighted by Gasteiger charge is 2.26. The van der Waals surface area contributed by atoms with Crippen LogP contribution in [0.4, 0.5) is 0 Å². The first-order chi connectivity index (χ1) is 12.1. The van der Waals surface area contributed by atoms with E-state index in [9.17, 15) is 9.59 Å². The average molecular weight is 336 g/mol. The van der Waals surface area contributed by atoms with E-state index in [1.807, 2.05) is 42.8 Å². The molecule has 0 aliphatic heterocycles. The average Bonchev–Trinajstić information content (AvgIpc) is 3.12. The number of para-hydroxylation sites is 2. The minimum Gasteiger partial charge on any atom is -0.354 e. The van der Waals surface area contributed by atoms with Crippen LogP contribution in [0.15, 0.2) is 24.3 Å². The zero-order valence-corrected chi connectivity index (χ0v) is 14.3. The third kappa shape index (κ3) is 2.54. The molecule has 0 atom stereocenters. The van der Waals surface area contributed by atoms with E-state index in [0.29, 0.717) is 24.2 Å². The van der Waals surface area contributed by atoms with Gasteiger partial charge in [-0.1, -0.05) is 12.1 Å². The molecule has 0 unspecified atom stereocenters. The molecule has 25 heavy (non-hydrogen) atoms. The van der Waals surface area contributed by atoms with Crippen molar-refractivity contribution in [2.24, 2.45) is 7.05 Å². The highest BCUT2D eigenvalue weighted by atomic mass is 16.2. The Morgan fingerprint density at radius 2 is 2.12 bits per heavy atom. The van der Waals surface area contributed by atoms with Crippen molar-refractivity contribution >= 4 is 22.7 Å². The number of carbonyl (C=O) groups excluding carboxylic acids is 2. The van der Waals surface area contributed by atoms with Gasteiger partial charge in [-0.3, -0.25) is 9.59 Å². The number of imidazole rings is 1. The molecule has 4 rings (SSSR count). The van der Waals surface area contributed by atoms with E-state index >= 15 is 0 Å². The van der Waals surface area contributed by atoms with Crippen molar-refractivity contribution in [3.63, 3.8) is 0 Å². The van der Waals surface area contributed by atoms with Gasteiger partial charge in [-0.25, -0.2) is 4.98 Å². The largest absolute Gasteiger partial charge is 0.354 e. The molecule has 1 aromatic carbocycles. The topological polar surface area (TPSA) is 79.8 Å². The Labute approximate surface area is 145 Å². The van der Waals surface area contributed by atoms with Gasteiger partial charge in [0.25, 0.3) is 5.91 Å². The fraction of sp³-hybridized carbons (Fsp3) is 0.316. The molecule has 0 fully saturated rings. The van der Waals surface area contributed by atoms with E-state index in [-0.39, 0.29) is 11.7 Å². The number of aryl methyl sites for hydroxylation is 2. The number of H-pyrrole nitrogens is 1. The standard InChI is InChI=1S/C19H20N4O2/c1-11-17-13(7-5-9-15(17)24)22-18(11)19(25)20-10-16-21-12-6-3-4-8-14(12)23(16)2/h3-4,6,8,22H,5,7,9-10H2,1-2H3,(H,20,25). The molecule has 128 valence electrons. The number of fused-ring (bicyclic) bond motifs is 2. The summed E-state index contributed by atoms with van der Waals surface area (Å²) in [6, 6.07) is 7.87. The number of hydrogen-bond donors (Lipinski definition) is 2. The number of Topliss-reactive ketones (excluding diaryl/α,β-unsaturated/α-hetero) is 1. The van der Waals surface area contributed by atoms with Crippen LogP contribution in [0.1, 0.15) is 50.8 Å². The fourth-order valence-corrected chi connectivity index (χ4v) is 3.60. The summed E-state index contributed by atoms with van der Waals surface area (Å²) in [7, 11) is 1.94. The zero-order valence-electron chi connectivity index (χ0n) is 14.3. The Balaban J connectivity index is 1.56. The van der Waals surface area contributed by atoms with Crippen molar-refractivity contribution < 1.29 is 9.59 Å². The summed E-state index contributed by atoms with van der Waals surface area (Å²) in [6.07, 6.45) is 2.22. The van der Waals surface area contributed by atoms with E-state index in [1.165, 1.54) is 0 Å². The number of nitrogens with one attached hydrogen (secondary N) is 2. The van der Waals surface area contributed by atoms with E-state index in [1.54, 1.807) is 0 Å². The molecule has 1 aliphatic carbocycles. The van der Waals surface area contributed by atoms with Crippen LogP contribution in [-0.2, 0) is 20.0 Å². The van der Waals surface area contributed by atoms with Crippen molar-refractivity contribution in [1.82, 2.24) is 19.9 Å². The molecule has 2 N–H and O–H groups in total. The fourth-order valence-electron chi connectivity index (χ4n) is 3.60. The van der Waals surface area contributed by atoms with Gasteiger partial charge in [0, 0.05) is 24.7 Å². The quantitative estimate of drug-likeness (QED) is 0.772. The molecule has 0 spiro atoms. The van der Waals surface area contributed by atoms with Gasteiger partial charge in [-0.05, 0) is 37.5 Å². The molecule has 6 nitrogen and oxygen atoms in total. The van der Waals surface area contributed by atoms with Crippen LogP contribution < -0.4 is 5.32 Å². The second-order valence-electron chi connectivity index (χ2n) is 6.51. The van der Waals surface area contributed by atoms with Gasteiger partial charge in [0.1, 0.15) is 11.5 Å². The van der Waals surface area contributed by atoms with Crippen LogP contribution in [0.3, 0.4) is 0 Å². The lowest BCUT2D eigenvalue weighted by Crippen LogP contribution is -2.25. The first-order valence-corrected chi connectivity index (χ1v) is 8.49. The van der Waals surface area contributed by atoms with E-state index in [0.717, 1.165) is 41.0 Å². The van der Waals surface area contributed by atoms with Crippen LogP contribution in [0, 0.1) is 6.92 Å². The summed E-state index contributed by atoms with van der Waals surface area (Å²) in [5.41, 5.74) is 4.78. The summed E-state index contributed by atoms with van der Waals surface area (Å²) in [5, 5.41) is 2.92. The molecule has 0 bridgehead atoms. The van der Waals surface area contributed by atoms with Crippen LogP contribution in [0.2, 0.25) is 0 Å². The minimum atomic E-state index is -0.202. The normalized spacial score (nSPS) is 13.9. The van der Waals surface area contributed by atoms with Gasteiger partial charge in [0.15, 0.2) is 5.78 Å². The number of hydrogen-bond acceptors (Lipinski definition) is 3. The van der Waals surface area contributed by atoms with Crippen LogP contribution >= 0.6 is 0 Å². The Bertz CT molecular complexity index is 996. The van der Waals surface area contributed by atoms with Crippen molar-refractivity contribution in [3.05, 3.63) is 52.6 Å². The Kier molecular flexibility index (Phi) is 3.67. The number of nitrogens with zero attached hydrogens (tertiary/aromatic N) is 2. The Morgan fingerprint density at radius 1 is 1.32 bits per heavy atom. The van der Waals surface area contributed by atoms with Crippen molar-refractivity contribution in [2.45, 2.75) is 32.7 Å². The zero-order chi connectivity index (χ0) is 17.6. The first kappa shape index (κ1) is 15.6. The van der Waals surface area contributed by atoms with Crippen LogP contribution in [0.5, 0.6) is 0 Å². The second-order valence-corrected chi connectivity index (χ2v) is 6.51. The van der Waals surface area contributed by atoms with Crippen LogP contribution in [-0.4, -0.2) is 26.2 Å². The van der Waals surface area contributed by atoms with E-state index < -0.39 is 0 Å². The van der Waals surface area contributed by atoms with Crippen molar-refractivity contribution in [3.8, 4) is 0 Å². The van der Waals surface area contributed by atoms with Crippen molar-refractivity contribution in [1.29, 1.82) is 0 Å². The lowest BCUT2D eigenvalue weighted by atomic mass is 9.94. The lowest BCUT2D eigenvalue weighted by molar-refractivity contribution is 0.0943. The molecule has 2 heterocycles. The number of aromatic nitrogens is 3. The summed E-state index contributed by atoms with van der Waals surface area (Å²) in [5.74, 6) is 0.718. The number of ketones is 1. The molecular weight excluding hydrogens is 316 g/mol. The SMILES string of the molecule is Cc1c(C(=O)NCc2nc3ccccc3n2C)[nH]c2c1C(=O)CCC2. The highest BCUT2D eigenvalue weighted by molar-refractivity contribution is 6.04. The molecule has 1 amide bonds.